The van der Waals surface area contributed by atoms with Crippen LogP contribution in [0, 0.1) is 0 Å². The first-order valence-electron chi connectivity index (χ1n) is 5.78. The van der Waals surface area contributed by atoms with Gasteiger partial charge >= 0.3 is 0 Å². The van der Waals surface area contributed by atoms with Crippen LogP contribution in [0.2, 0.25) is 5.02 Å². The van der Waals surface area contributed by atoms with Gasteiger partial charge in [0.2, 0.25) is 0 Å². The number of aromatic nitrogens is 1. The molecule has 0 aliphatic heterocycles. The second kappa shape index (κ2) is 4.31. The average Bonchev–Trinajstić information content (AvgIpc) is 2.72. The third-order valence-electron chi connectivity index (χ3n) is 3.09. The summed E-state index contributed by atoms with van der Waals surface area (Å²) in [6.07, 6.45) is 4.82. The monoisotopic (exact) mass is 264 g/mol. The molecule has 0 amide bonds. The van der Waals surface area contributed by atoms with Gasteiger partial charge < -0.3 is 5.73 Å². The van der Waals surface area contributed by atoms with Gasteiger partial charge in [0.15, 0.2) is 0 Å². The Bertz CT molecular complexity index is 539. The molecule has 88 valence electrons. The molecule has 2 N–H and O–H groups in total. The van der Waals surface area contributed by atoms with Crippen molar-refractivity contribution in [2.24, 2.45) is 0 Å². The van der Waals surface area contributed by atoms with E-state index in [0.717, 1.165) is 17.0 Å². The Morgan fingerprint density at radius 2 is 2.06 bits per heavy atom. The predicted octanol–water partition coefficient (Wildman–Crippen LogP) is 3.92. The lowest BCUT2D eigenvalue weighted by Crippen LogP contribution is -1.99. The van der Waals surface area contributed by atoms with E-state index in [9.17, 15) is 0 Å². The zero-order valence-corrected chi connectivity index (χ0v) is 10.9. The normalized spacial score (nSPS) is 14.6. The molecule has 1 aliphatic rings. The van der Waals surface area contributed by atoms with Crippen LogP contribution in [-0.4, -0.2) is 4.98 Å². The van der Waals surface area contributed by atoms with Crippen molar-refractivity contribution >= 4 is 28.6 Å². The standard InChI is InChI=1S/C13H13ClN2S/c14-8-5-6-9(10(15)7-8)13-16-11-3-1-2-4-12(11)17-13/h5-7H,1-4,15H2. The molecule has 1 aliphatic carbocycles. The molecule has 17 heavy (non-hydrogen) atoms. The van der Waals surface area contributed by atoms with Gasteiger partial charge in [-0.3, -0.25) is 0 Å². The third-order valence-corrected chi connectivity index (χ3v) is 4.52. The molecule has 0 spiro atoms. The quantitative estimate of drug-likeness (QED) is 0.793. The first-order valence-corrected chi connectivity index (χ1v) is 6.97. The molecule has 0 unspecified atom stereocenters. The lowest BCUT2D eigenvalue weighted by molar-refractivity contribution is 0.682. The molecule has 0 saturated heterocycles. The molecular formula is C13H13ClN2S. The van der Waals surface area contributed by atoms with Crippen molar-refractivity contribution in [3.63, 3.8) is 0 Å². The lowest BCUT2D eigenvalue weighted by atomic mass is 10.0. The molecule has 2 nitrogen and oxygen atoms in total. The van der Waals surface area contributed by atoms with Crippen LogP contribution < -0.4 is 5.73 Å². The van der Waals surface area contributed by atoms with Crippen molar-refractivity contribution in [3.8, 4) is 10.6 Å². The molecule has 0 fully saturated rings. The van der Waals surface area contributed by atoms with Gasteiger partial charge in [-0.25, -0.2) is 4.98 Å². The van der Waals surface area contributed by atoms with E-state index in [0.29, 0.717) is 10.7 Å². The number of fused-ring (bicyclic) bond motifs is 1. The van der Waals surface area contributed by atoms with Crippen LogP contribution in [0.15, 0.2) is 18.2 Å². The summed E-state index contributed by atoms with van der Waals surface area (Å²) in [7, 11) is 0. The van der Waals surface area contributed by atoms with Gasteiger partial charge in [-0.15, -0.1) is 11.3 Å². The van der Waals surface area contributed by atoms with Crippen molar-refractivity contribution in [1.29, 1.82) is 0 Å². The smallest absolute Gasteiger partial charge is 0.125 e. The molecule has 0 bridgehead atoms. The fourth-order valence-corrected chi connectivity index (χ4v) is 3.57. The first-order chi connectivity index (χ1) is 8.24. The average molecular weight is 265 g/mol. The summed E-state index contributed by atoms with van der Waals surface area (Å²) in [5, 5.41) is 1.71. The van der Waals surface area contributed by atoms with Gasteiger partial charge in [0.05, 0.1) is 5.69 Å². The molecule has 0 atom stereocenters. The zero-order valence-electron chi connectivity index (χ0n) is 9.37. The lowest BCUT2D eigenvalue weighted by Gasteiger charge is -2.06. The summed E-state index contributed by atoms with van der Waals surface area (Å²) in [6.45, 7) is 0. The van der Waals surface area contributed by atoms with E-state index in [2.05, 4.69) is 0 Å². The summed E-state index contributed by atoms with van der Waals surface area (Å²) in [4.78, 5) is 6.14. The zero-order chi connectivity index (χ0) is 11.8. The number of nitrogens with two attached hydrogens (primary N) is 1. The molecule has 1 heterocycles. The fraction of sp³-hybridized carbons (Fsp3) is 0.308. The van der Waals surface area contributed by atoms with E-state index >= 15 is 0 Å². The van der Waals surface area contributed by atoms with Crippen LogP contribution in [0.5, 0.6) is 0 Å². The predicted molar refractivity (Wildman–Crippen MR) is 73.6 cm³/mol. The largest absolute Gasteiger partial charge is 0.398 e. The second-order valence-electron chi connectivity index (χ2n) is 4.33. The van der Waals surface area contributed by atoms with Crippen LogP contribution in [0.3, 0.4) is 0 Å². The molecule has 3 rings (SSSR count). The second-order valence-corrected chi connectivity index (χ2v) is 5.85. The SMILES string of the molecule is Nc1cc(Cl)ccc1-c1nc2c(s1)CCCC2. The molecule has 4 heteroatoms. The molecule has 1 aromatic heterocycles. The number of hydrogen-bond acceptors (Lipinski definition) is 3. The Morgan fingerprint density at radius 1 is 1.24 bits per heavy atom. The van der Waals surface area contributed by atoms with Gasteiger partial charge in [0, 0.05) is 21.2 Å². The first kappa shape index (κ1) is 11.1. The molecule has 0 saturated carbocycles. The summed E-state index contributed by atoms with van der Waals surface area (Å²) in [6, 6.07) is 5.62. The number of nitrogens with zero attached hydrogens (tertiary/aromatic N) is 1. The number of rotatable bonds is 1. The maximum absolute atomic E-state index is 5.99. The number of hydrogen-bond donors (Lipinski definition) is 1. The number of thiazole rings is 1. The highest BCUT2D eigenvalue weighted by molar-refractivity contribution is 7.15. The minimum atomic E-state index is 0.674. The highest BCUT2D eigenvalue weighted by Gasteiger charge is 2.17. The maximum atomic E-state index is 5.99. The van der Waals surface area contributed by atoms with Gasteiger partial charge in [-0.2, -0.15) is 0 Å². The molecule has 0 radical (unpaired) electrons. The number of aryl methyl sites for hydroxylation is 2. The Kier molecular flexibility index (Phi) is 2.81. The number of anilines is 1. The van der Waals surface area contributed by atoms with Crippen molar-refractivity contribution < 1.29 is 0 Å². The van der Waals surface area contributed by atoms with Crippen LogP contribution in [0.4, 0.5) is 5.69 Å². The van der Waals surface area contributed by atoms with Crippen LogP contribution >= 0.6 is 22.9 Å². The van der Waals surface area contributed by atoms with Crippen molar-refractivity contribution in [2.75, 3.05) is 5.73 Å². The topological polar surface area (TPSA) is 38.9 Å². The third kappa shape index (κ3) is 2.05. The number of nitrogen functional groups attached to an aromatic ring is 1. The van der Waals surface area contributed by atoms with Gasteiger partial charge in [0.1, 0.15) is 5.01 Å². The molecule has 1 aromatic carbocycles. The van der Waals surface area contributed by atoms with Gasteiger partial charge in [0.25, 0.3) is 0 Å². The highest BCUT2D eigenvalue weighted by atomic mass is 35.5. The summed E-state index contributed by atoms with van der Waals surface area (Å²) in [5.41, 5.74) is 8.98. The minimum absolute atomic E-state index is 0.674. The van der Waals surface area contributed by atoms with Crippen molar-refractivity contribution in [2.45, 2.75) is 25.7 Å². The maximum Gasteiger partial charge on any atom is 0.125 e. The van der Waals surface area contributed by atoms with Crippen LogP contribution in [-0.2, 0) is 12.8 Å². The Morgan fingerprint density at radius 3 is 2.82 bits per heavy atom. The Balaban J connectivity index is 2.06. The number of halogens is 1. The summed E-state index contributed by atoms with van der Waals surface area (Å²) in [5.74, 6) is 0. The summed E-state index contributed by atoms with van der Waals surface area (Å²) < 4.78 is 0. The number of benzene rings is 1. The van der Waals surface area contributed by atoms with Gasteiger partial charge in [-0.05, 0) is 43.9 Å². The van der Waals surface area contributed by atoms with Crippen molar-refractivity contribution in [3.05, 3.63) is 33.8 Å². The Labute approximate surface area is 109 Å². The highest BCUT2D eigenvalue weighted by Crippen LogP contribution is 2.35. The van der Waals surface area contributed by atoms with E-state index in [1.54, 1.807) is 17.4 Å². The van der Waals surface area contributed by atoms with E-state index in [1.165, 1.54) is 29.8 Å². The van der Waals surface area contributed by atoms with Crippen LogP contribution in [0.25, 0.3) is 10.6 Å². The van der Waals surface area contributed by atoms with E-state index in [-0.39, 0.29) is 0 Å². The minimum Gasteiger partial charge on any atom is -0.398 e. The summed E-state index contributed by atoms with van der Waals surface area (Å²) >= 11 is 7.68. The van der Waals surface area contributed by atoms with Gasteiger partial charge in [-0.1, -0.05) is 11.6 Å². The fourth-order valence-electron chi connectivity index (χ4n) is 2.20. The van der Waals surface area contributed by atoms with E-state index in [1.807, 2.05) is 12.1 Å². The van der Waals surface area contributed by atoms with E-state index < -0.39 is 0 Å². The molecular weight excluding hydrogens is 252 g/mol. The van der Waals surface area contributed by atoms with Crippen LogP contribution in [0.1, 0.15) is 23.4 Å². The van der Waals surface area contributed by atoms with E-state index in [4.69, 9.17) is 22.3 Å². The Hall–Kier alpha value is -1.06. The van der Waals surface area contributed by atoms with Crippen molar-refractivity contribution in [1.82, 2.24) is 4.98 Å². The molecule has 2 aromatic rings.